The normalized spacial score (nSPS) is 12.1. The number of nitrogens with zero attached hydrogens (tertiary/aromatic N) is 2. The fraction of sp³-hybridized carbons (Fsp3) is 0. The second kappa shape index (κ2) is 6.20. The van der Waals surface area contributed by atoms with E-state index in [4.69, 9.17) is 16.2 Å². The molecule has 3 aromatic rings. The lowest BCUT2D eigenvalue weighted by molar-refractivity contribution is 0.477. The first-order valence-corrected chi connectivity index (χ1v) is 8.58. The molecule has 0 aliphatic heterocycles. The number of phenols is 1. The molecule has 6 nitrogen and oxygen atoms in total. The van der Waals surface area contributed by atoms with E-state index in [0.29, 0.717) is 5.39 Å². The van der Waals surface area contributed by atoms with Gasteiger partial charge in [0.2, 0.25) is 0 Å². The predicted molar refractivity (Wildman–Crippen MR) is 91.1 cm³/mol. The van der Waals surface area contributed by atoms with Crippen LogP contribution in [0.1, 0.15) is 0 Å². The maximum atomic E-state index is 11.3. The van der Waals surface area contributed by atoms with Crippen LogP contribution < -0.4 is 0 Å². The Morgan fingerprint density at radius 1 is 0.917 bits per heavy atom. The molecule has 0 saturated heterocycles. The van der Waals surface area contributed by atoms with Gasteiger partial charge in [0.15, 0.2) is 0 Å². The summed E-state index contributed by atoms with van der Waals surface area (Å²) in [6.45, 7) is 0. The van der Waals surface area contributed by atoms with Gasteiger partial charge in [-0.3, -0.25) is 4.55 Å². The van der Waals surface area contributed by atoms with Crippen molar-refractivity contribution in [2.45, 2.75) is 4.90 Å². The van der Waals surface area contributed by atoms with Crippen LogP contribution in [0, 0.1) is 0 Å². The van der Waals surface area contributed by atoms with Crippen LogP contribution in [0.4, 0.5) is 11.4 Å². The fourth-order valence-corrected chi connectivity index (χ4v) is 3.27. The van der Waals surface area contributed by atoms with E-state index in [2.05, 4.69) is 10.2 Å². The molecule has 3 aromatic carbocycles. The number of azo groups is 1. The van der Waals surface area contributed by atoms with Gasteiger partial charge in [0, 0.05) is 5.39 Å². The number of fused-ring (bicyclic) bond motifs is 1. The molecule has 2 N–H and O–H groups in total. The summed E-state index contributed by atoms with van der Waals surface area (Å²) < 4.78 is 31.7. The van der Waals surface area contributed by atoms with Crippen molar-refractivity contribution in [3.63, 3.8) is 0 Å². The van der Waals surface area contributed by atoms with Crippen LogP contribution in [0.15, 0.2) is 69.7 Å². The Morgan fingerprint density at radius 2 is 1.67 bits per heavy atom. The molecule has 0 amide bonds. The third kappa shape index (κ3) is 3.09. The summed E-state index contributed by atoms with van der Waals surface area (Å²) in [5, 5.41) is 19.2. The van der Waals surface area contributed by atoms with Crippen LogP contribution in [0.3, 0.4) is 0 Å². The van der Waals surface area contributed by atoms with Crippen molar-refractivity contribution >= 4 is 43.9 Å². The summed E-state index contributed by atoms with van der Waals surface area (Å²) >= 11 is 5.96. The third-order valence-corrected chi connectivity index (χ3v) is 4.76. The summed E-state index contributed by atoms with van der Waals surface area (Å²) in [5.74, 6) is -0.0699. The first-order valence-electron chi connectivity index (χ1n) is 6.76. The highest BCUT2D eigenvalue weighted by molar-refractivity contribution is 7.86. The van der Waals surface area contributed by atoms with Crippen LogP contribution in [0.25, 0.3) is 10.8 Å². The van der Waals surface area contributed by atoms with Gasteiger partial charge >= 0.3 is 0 Å². The number of rotatable bonds is 3. The Bertz CT molecular complexity index is 1060. The first-order chi connectivity index (χ1) is 11.4. The Balaban J connectivity index is 2.12. The minimum atomic E-state index is -4.46. The molecule has 122 valence electrons. The summed E-state index contributed by atoms with van der Waals surface area (Å²) in [7, 11) is -4.46. The molecule has 0 aromatic heterocycles. The van der Waals surface area contributed by atoms with Gasteiger partial charge in [-0.2, -0.15) is 8.42 Å². The largest absolute Gasteiger partial charge is 0.506 e. The number of aromatic hydroxyl groups is 1. The smallest absolute Gasteiger partial charge is 0.296 e. The number of benzene rings is 3. The van der Waals surface area contributed by atoms with E-state index in [1.165, 1.54) is 18.2 Å². The van der Waals surface area contributed by atoms with Crippen molar-refractivity contribution in [2.24, 2.45) is 10.2 Å². The SMILES string of the molecule is O=S(=O)(O)c1cccc(N=Nc2c(O)ccc3ccccc23)c1Cl. The lowest BCUT2D eigenvalue weighted by Crippen LogP contribution is -1.98. The van der Waals surface area contributed by atoms with Crippen molar-refractivity contribution in [1.82, 2.24) is 0 Å². The van der Waals surface area contributed by atoms with Crippen molar-refractivity contribution < 1.29 is 18.1 Å². The molecular weight excluding hydrogens is 352 g/mol. The molecule has 0 unspecified atom stereocenters. The van der Waals surface area contributed by atoms with Gasteiger partial charge in [-0.05, 0) is 23.6 Å². The average molecular weight is 363 g/mol. The summed E-state index contributed by atoms with van der Waals surface area (Å²) in [6, 6.07) is 14.5. The zero-order valence-corrected chi connectivity index (χ0v) is 13.7. The Hall–Kier alpha value is -2.48. The average Bonchev–Trinajstić information content (AvgIpc) is 2.54. The highest BCUT2D eigenvalue weighted by atomic mass is 35.5. The predicted octanol–water partition coefficient (Wildman–Crippen LogP) is 4.86. The monoisotopic (exact) mass is 362 g/mol. The second-order valence-corrected chi connectivity index (χ2v) is 6.69. The maximum Gasteiger partial charge on any atom is 0.296 e. The quantitative estimate of drug-likeness (QED) is 0.513. The molecule has 0 spiro atoms. The molecule has 3 rings (SSSR count). The van der Waals surface area contributed by atoms with Crippen molar-refractivity contribution in [3.8, 4) is 5.75 Å². The van der Waals surface area contributed by atoms with E-state index in [1.54, 1.807) is 18.2 Å². The summed E-state index contributed by atoms with van der Waals surface area (Å²) in [4.78, 5) is -0.456. The molecule has 0 radical (unpaired) electrons. The van der Waals surface area contributed by atoms with Crippen molar-refractivity contribution in [1.29, 1.82) is 0 Å². The van der Waals surface area contributed by atoms with Gasteiger partial charge in [-0.15, -0.1) is 10.2 Å². The van der Waals surface area contributed by atoms with Crippen LogP contribution in [-0.4, -0.2) is 18.1 Å². The van der Waals surface area contributed by atoms with Crippen LogP contribution >= 0.6 is 11.6 Å². The Labute approximate surface area is 142 Å². The number of phenolic OH excluding ortho intramolecular Hbond substituents is 1. The van der Waals surface area contributed by atoms with Gasteiger partial charge < -0.3 is 5.11 Å². The molecule has 0 fully saturated rings. The van der Waals surface area contributed by atoms with Crippen molar-refractivity contribution in [3.05, 3.63) is 59.6 Å². The number of hydrogen-bond donors (Lipinski definition) is 2. The standard InChI is InChI=1S/C16H11ClN2O4S/c17-15-12(6-3-7-14(15)24(21,22)23)18-19-16-11-5-2-1-4-10(11)8-9-13(16)20/h1-9,20H,(H,21,22,23). The van der Waals surface area contributed by atoms with E-state index < -0.39 is 15.0 Å². The third-order valence-electron chi connectivity index (χ3n) is 3.36. The summed E-state index contributed by atoms with van der Waals surface area (Å²) in [5.41, 5.74) is 0.292. The van der Waals surface area contributed by atoms with Crippen LogP contribution in [-0.2, 0) is 10.1 Å². The minimum Gasteiger partial charge on any atom is -0.506 e. The molecule has 0 bridgehead atoms. The summed E-state index contributed by atoms with van der Waals surface area (Å²) in [6.07, 6.45) is 0. The Kier molecular flexibility index (Phi) is 4.23. The van der Waals surface area contributed by atoms with E-state index in [-0.39, 0.29) is 22.1 Å². The van der Waals surface area contributed by atoms with Gasteiger partial charge in [-0.1, -0.05) is 48.0 Å². The van der Waals surface area contributed by atoms with E-state index in [9.17, 15) is 13.5 Å². The molecule has 0 heterocycles. The fourth-order valence-electron chi connectivity index (χ4n) is 2.23. The molecular formula is C16H11ClN2O4S. The van der Waals surface area contributed by atoms with Crippen LogP contribution in [0.2, 0.25) is 5.02 Å². The van der Waals surface area contributed by atoms with Gasteiger partial charge in [0.25, 0.3) is 10.1 Å². The molecule has 0 aliphatic carbocycles. The molecule has 0 atom stereocenters. The van der Waals surface area contributed by atoms with Crippen LogP contribution in [0.5, 0.6) is 5.75 Å². The second-order valence-electron chi connectivity index (χ2n) is 4.92. The zero-order valence-electron chi connectivity index (χ0n) is 12.1. The molecule has 0 aliphatic rings. The van der Waals surface area contributed by atoms with Crippen molar-refractivity contribution in [2.75, 3.05) is 0 Å². The van der Waals surface area contributed by atoms with Gasteiger partial charge in [0.05, 0.1) is 5.02 Å². The number of hydrogen-bond acceptors (Lipinski definition) is 5. The zero-order chi connectivity index (χ0) is 17.3. The first kappa shape index (κ1) is 16.4. The van der Waals surface area contributed by atoms with E-state index in [1.807, 2.05) is 12.1 Å². The van der Waals surface area contributed by atoms with Gasteiger partial charge in [0.1, 0.15) is 22.0 Å². The number of halogens is 1. The maximum absolute atomic E-state index is 11.3. The topological polar surface area (TPSA) is 99.3 Å². The highest BCUT2D eigenvalue weighted by Crippen LogP contribution is 2.38. The van der Waals surface area contributed by atoms with E-state index in [0.717, 1.165) is 11.5 Å². The highest BCUT2D eigenvalue weighted by Gasteiger charge is 2.17. The lowest BCUT2D eigenvalue weighted by Gasteiger charge is -2.05. The Morgan fingerprint density at radius 3 is 2.42 bits per heavy atom. The minimum absolute atomic E-state index is 0.0547. The molecule has 24 heavy (non-hydrogen) atoms. The van der Waals surface area contributed by atoms with E-state index >= 15 is 0 Å². The molecule has 8 heteroatoms. The van der Waals surface area contributed by atoms with Gasteiger partial charge in [-0.25, -0.2) is 0 Å². The molecule has 0 saturated carbocycles. The lowest BCUT2D eigenvalue weighted by atomic mass is 10.1.